The summed E-state index contributed by atoms with van der Waals surface area (Å²) in [6.45, 7) is 5.23. The van der Waals surface area contributed by atoms with Crippen molar-refractivity contribution in [2.24, 2.45) is 0 Å². The van der Waals surface area contributed by atoms with E-state index in [-0.39, 0.29) is 0 Å². The second kappa shape index (κ2) is 6.74. The number of hydrogen-bond acceptors (Lipinski definition) is 4. The fourth-order valence-electron chi connectivity index (χ4n) is 2.96. The lowest BCUT2D eigenvalue weighted by Crippen LogP contribution is -2.07. The van der Waals surface area contributed by atoms with Gasteiger partial charge < -0.3 is 14.6 Å². The Morgan fingerprint density at radius 1 is 1.29 bits per heavy atom. The van der Waals surface area contributed by atoms with E-state index < -0.39 is 5.97 Å². The third kappa shape index (κ3) is 2.85. The number of carbonyl (C=O) groups is 1. The summed E-state index contributed by atoms with van der Waals surface area (Å²) in [6.07, 6.45) is 4.69. The van der Waals surface area contributed by atoms with Crippen LogP contribution in [0, 0.1) is 0 Å². The molecule has 1 aromatic carbocycles. The van der Waals surface area contributed by atoms with Crippen LogP contribution in [0.1, 0.15) is 29.8 Å². The Balaban J connectivity index is 2.04. The molecule has 0 amide bonds. The van der Waals surface area contributed by atoms with Gasteiger partial charge in [-0.3, -0.25) is 0 Å². The van der Waals surface area contributed by atoms with Crippen LogP contribution < -0.4 is 5.32 Å². The number of benzene rings is 1. The maximum atomic E-state index is 11.9. The van der Waals surface area contributed by atoms with Gasteiger partial charge in [0.2, 0.25) is 0 Å². The lowest BCUT2D eigenvalue weighted by molar-refractivity contribution is 0.0601. The summed E-state index contributed by atoms with van der Waals surface area (Å²) in [5.41, 5.74) is 3.86. The summed E-state index contributed by atoms with van der Waals surface area (Å²) in [5, 5.41) is 4.44. The molecule has 0 aliphatic carbocycles. The molecule has 0 saturated heterocycles. The quantitative estimate of drug-likeness (QED) is 0.717. The summed E-state index contributed by atoms with van der Waals surface area (Å²) in [6, 6.07) is 9.73. The van der Waals surface area contributed by atoms with Crippen LogP contribution in [0.25, 0.3) is 10.9 Å². The fraction of sp³-hybridized carbons (Fsp3) is 0.263. The summed E-state index contributed by atoms with van der Waals surface area (Å²) in [5.74, 6) is 0.0974. The van der Waals surface area contributed by atoms with Crippen molar-refractivity contribution in [2.75, 3.05) is 12.4 Å². The minimum absolute atomic E-state index is 0.403. The van der Waals surface area contributed by atoms with E-state index in [9.17, 15) is 4.79 Å². The van der Waals surface area contributed by atoms with E-state index in [4.69, 9.17) is 4.74 Å². The molecule has 0 fully saturated rings. The molecule has 0 saturated carbocycles. The monoisotopic (exact) mass is 323 g/mol. The molecule has 0 bridgehead atoms. The molecule has 1 N–H and O–H groups in total. The highest BCUT2D eigenvalue weighted by Crippen LogP contribution is 2.28. The molecule has 0 radical (unpaired) electrons. The Kier molecular flexibility index (Phi) is 4.51. The first-order valence-electron chi connectivity index (χ1n) is 8.10. The topological polar surface area (TPSA) is 56.1 Å². The van der Waals surface area contributed by atoms with E-state index in [1.165, 1.54) is 23.6 Å². The summed E-state index contributed by atoms with van der Waals surface area (Å²) >= 11 is 0. The van der Waals surface area contributed by atoms with Crippen molar-refractivity contribution in [2.45, 2.75) is 26.8 Å². The summed E-state index contributed by atoms with van der Waals surface area (Å²) in [4.78, 5) is 16.2. The van der Waals surface area contributed by atoms with Gasteiger partial charge >= 0.3 is 5.97 Å². The zero-order valence-corrected chi connectivity index (χ0v) is 14.2. The van der Waals surface area contributed by atoms with Crippen molar-refractivity contribution >= 4 is 28.4 Å². The van der Waals surface area contributed by atoms with Crippen LogP contribution in [0.15, 0.2) is 42.7 Å². The number of carbonyl (C=O) groups excluding carboxylic acids is 1. The van der Waals surface area contributed by atoms with E-state index in [2.05, 4.69) is 53.1 Å². The van der Waals surface area contributed by atoms with Gasteiger partial charge in [0.15, 0.2) is 0 Å². The molecule has 0 aliphatic heterocycles. The number of aromatic nitrogens is 2. The van der Waals surface area contributed by atoms with Gasteiger partial charge in [0.05, 0.1) is 12.6 Å². The molecule has 3 rings (SSSR count). The lowest BCUT2D eigenvalue weighted by atomic mass is 10.1. The Morgan fingerprint density at radius 3 is 2.83 bits per heavy atom. The highest BCUT2D eigenvalue weighted by Gasteiger charge is 2.14. The number of esters is 1. The number of methoxy groups -OCH3 is 1. The standard InChI is InChI=1S/C19H21N3O2/c1-4-13-11-15(12-14-8-10-22(5-2)17(13)14)21-18-16(19(23)24-3)7-6-9-20-18/h6-12H,4-5H2,1-3H3,(H,20,21). The third-order valence-electron chi connectivity index (χ3n) is 4.14. The molecular formula is C19H21N3O2. The molecule has 2 heterocycles. The van der Waals surface area contributed by atoms with Crippen LogP contribution in [-0.2, 0) is 17.7 Å². The van der Waals surface area contributed by atoms with Gasteiger partial charge in [-0.15, -0.1) is 0 Å². The molecule has 124 valence electrons. The SMILES string of the molecule is CCc1cc(Nc2ncccc2C(=O)OC)cc2ccn(CC)c12. The predicted molar refractivity (Wildman–Crippen MR) is 95.8 cm³/mol. The second-order valence-corrected chi connectivity index (χ2v) is 5.54. The molecule has 0 spiro atoms. The van der Waals surface area contributed by atoms with Crippen molar-refractivity contribution in [3.05, 3.63) is 53.9 Å². The van der Waals surface area contributed by atoms with Crippen LogP contribution in [0.2, 0.25) is 0 Å². The van der Waals surface area contributed by atoms with Gasteiger partial charge in [0.25, 0.3) is 0 Å². The largest absolute Gasteiger partial charge is 0.465 e. The van der Waals surface area contributed by atoms with Crippen LogP contribution in [0.5, 0.6) is 0 Å². The van der Waals surface area contributed by atoms with Crippen molar-refractivity contribution in [1.82, 2.24) is 9.55 Å². The Bertz CT molecular complexity index is 883. The molecule has 5 nitrogen and oxygen atoms in total. The minimum atomic E-state index is -0.403. The molecular weight excluding hydrogens is 302 g/mol. The number of hydrogen-bond donors (Lipinski definition) is 1. The van der Waals surface area contributed by atoms with Gasteiger partial charge in [0, 0.05) is 30.0 Å². The van der Waals surface area contributed by atoms with Gasteiger partial charge in [0.1, 0.15) is 11.4 Å². The van der Waals surface area contributed by atoms with E-state index in [1.807, 2.05) is 0 Å². The summed E-state index contributed by atoms with van der Waals surface area (Å²) < 4.78 is 7.07. The number of fused-ring (bicyclic) bond motifs is 1. The Labute approximate surface area is 141 Å². The molecule has 3 aromatic rings. The zero-order valence-electron chi connectivity index (χ0n) is 14.2. The van der Waals surface area contributed by atoms with E-state index in [0.29, 0.717) is 11.4 Å². The first-order valence-corrected chi connectivity index (χ1v) is 8.10. The van der Waals surface area contributed by atoms with Crippen LogP contribution in [0.3, 0.4) is 0 Å². The number of nitrogens with one attached hydrogen (secondary N) is 1. The molecule has 0 atom stereocenters. The van der Waals surface area contributed by atoms with Crippen molar-refractivity contribution in [3.8, 4) is 0 Å². The minimum Gasteiger partial charge on any atom is -0.465 e. The number of ether oxygens (including phenoxy) is 1. The maximum absolute atomic E-state index is 11.9. The molecule has 0 aliphatic rings. The number of rotatable bonds is 5. The predicted octanol–water partition coefficient (Wildman–Crippen LogP) is 4.15. The third-order valence-corrected chi connectivity index (χ3v) is 4.14. The first kappa shape index (κ1) is 16.1. The molecule has 5 heteroatoms. The average molecular weight is 323 g/mol. The normalized spacial score (nSPS) is 10.8. The van der Waals surface area contributed by atoms with E-state index in [1.54, 1.807) is 18.3 Å². The average Bonchev–Trinajstić information content (AvgIpc) is 3.04. The van der Waals surface area contributed by atoms with Gasteiger partial charge in [-0.1, -0.05) is 6.92 Å². The highest BCUT2D eigenvalue weighted by atomic mass is 16.5. The van der Waals surface area contributed by atoms with Gasteiger partial charge in [-0.2, -0.15) is 0 Å². The van der Waals surface area contributed by atoms with Crippen LogP contribution >= 0.6 is 0 Å². The number of anilines is 2. The van der Waals surface area contributed by atoms with Crippen molar-refractivity contribution in [3.63, 3.8) is 0 Å². The fourth-order valence-corrected chi connectivity index (χ4v) is 2.96. The number of aryl methyl sites for hydroxylation is 2. The van der Waals surface area contributed by atoms with Crippen LogP contribution in [0.4, 0.5) is 11.5 Å². The number of pyridine rings is 1. The van der Waals surface area contributed by atoms with Crippen molar-refractivity contribution in [1.29, 1.82) is 0 Å². The maximum Gasteiger partial charge on any atom is 0.341 e. The zero-order chi connectivity index (χ0) is 17.1. The van der Waals surface area contributed by atoms with Crippen LogP contribution in [-0.4, -0.2) is 22.6 Å². The van der Waals surface area contributed by atoms with E-state index >= 15 is 0 Å². The van der Waals surface area contributed by atoms with Gasteiger partial charge in [-0.25, -0.2) is 9.78 Å². The molecule has 24 heavy (non-hydrogen) atoms. The second-order valence-electron chi connectivity index (χ2n) is 5.54. The highest BCUT2D eigenvalue weighted by molar-refractivity contribution is 5.96. The lowest BCUT2D eigenvalue weighted by Gasteiger charge is -2.13. The first-order chi connectivity index (χ1) is 11.7. The Morgan fingerprint density at radius 2 is 2.12 bits per heavy atom. The van der Waals surface area contributed by atoms with Crippen molar-refractivity contribution < 1.29 is 9.53 Å². The summed E-state index contributed by atoms with van der Waals surface area (Å²) in [7, 11) is 1.37. The molecule has 2 aromatic heterocycles. The Hall–Kier alpha value is -2.82. The molecule has 0 unspecified atom stereocenters. The van der Waals surface area contributed by atoms with Gasteiger partial charge in [-0.05, 0) is 49.2 Å². The number of nitrogens with zero attached hydrogens (tertiary/aromatic N) is 2. The smallest absolute Gasteiger partial charge is 0.341 e. The van der Waals surface area contributed by atoms with E-state index in [0.717, 1.165) is 18.7 Å².